The summed E-state index contributed by atoms with van der Waals surface area (Å²) in [6, 6.07) is 13.7. The molecule has 52 heavy (non-hydrogen) atoms. The number of phenols is 2. The van der Waals surface area contributed by atoms with Crippen LogP contribution in [0.3, 0.4) is 0 Å². The van der Waals surface area contributed by atoms with Crippen molar-refractivity contribution in [2.24, 2.45) is 30.7 Å². The Hall–Kier alpha value is -6.86. The Balaban J connectivity index is 0.00000304. The molecule has 0 aliphatic carbocycles. The molecule has 0 fully saturated rings. The summed E-state index contributed by atoms with van der Waals surface area (Å²) in [5.41, 5.74) is 11.2. The van der Waals surface area contributed by atoms with Crippen molar-refractivity contribution in [1.82, 2.24) is 0 Å². The maximum atomic E-state index is 11.5. The number of hydrogen-bond acceptors (Lipinski definition) is 15. The minimum absolute atomic E-state index is 0.0102. The third-order valence-corrected chi connectivity index (χ3v) is 6.45. The summed E-state index contributed by atoms with van der Waals surface area (Å²) in [7, 11) is -5.04. The highest BCUT2D eigenvalue weighted by Gasteiger charge is 2.24. The number of aromatic hydroxyl groups is 2. The van der Waals surface area contributed by atoms with E-state index in [9.17, 15) is 38.1 Å². The first-order valence-corrected chi connectivity index (χ1v) is 16.3. The minimum Gasteiger partial charge on any atom is -0.507 e. The molecule has 4 rings (SSSR count). The van der Waals surface area contributed by atoms with Gasteiger partial charge in [-0.3, -0.25) is 14.7 Å². The van der Waals surface area contributed by atoms with Crippen LogP contribution in [0.5, 0.6) is 11.5 Å². The molecular weight excluding hydrogens is 698 g/mol. The van der Waals surface area contributed by atoms with E-state index in [1.54, 1.807) is 24.3 Å². The molecule has 18 nitrogen and oxygen atoms in total. The van der Waals surface area contributed by atoms with Gasteiger partial charge in [-0.25, -0.2) is 4.79 Å². The van der Waals surface area contributed by atoms with Gasteiger partial charge < -0.3 is 26.8 Å². The standard InChI is InChI=1S/C25H19N9O9S.2C2H6.2C2H4/c26-17-10-18(27)20(32-33-21-8-15(34(39)40)9-23(24(21)36)44(41,42)43)11-19(17)31-29-13-3-1-12(2-4-13)28-30-14-5-6-22(35)16(7-14)25(37)38;4*1-2/h1-11,35-36H,26-27H2,(H,37,38)(H,41,42,43);2*1-2H3;2*1-2H2. The van der Waals surface area contributed by atoms with E-state index >= 15 is 0 Å². The van der Waals surface area contributed by atoms with Crippen LogP contribution in [0.1, 0.15) is 38.1 Å². The number of non-ortho nitro benzene ring substituents is 1. The average molecular weight is 738 g/mol. The maximum absolute atomic E-state index is 11.5. The van der Waals surface area contributed by atoms with Gasteiger partial charge >= 0.3 is 5.97 Å². The quantitative estimate of drug-likeness (QED) is 0.0234. The number of nitrogen functional groups attached to an aromatic ring is 2. The normalized spacial score (nSPS) is 10.5. The number of nitro benzene ring substituents is 1. The highest BCUT2D eigenvalue weighted by Crippen LogP contribution is 2.40. The number of carboxylic acid groups (broad SMARTS) is 1. The van der Waals surface area contributed by atoms with E-state index < -0.39 is 48.8 Å². The van der Waals surface area contributed by atoms with Crippen LogP contribution >= 0.6 is 0 Å². The van der Waals surface area contributed by atoms with E-state index in [-0.39, 0.29) is 34.0 Å². The third-order valence-electron chi connectivity index (χ3n) is 5.58. The molecule has 0 amide bonds. The van der Waals surface area contributed by atoms with Crippen molar-refractivity contribution in [1.29, 1.82) is 0 Å². The second-order valence-electron chi connectivity index (χ2n) is 8.64. The highest BCUT2D eigenvalue weighted by atomic mass is 32.2. The van der Waals surface area contributed by atoms with E-state index in [1.165, 1.54) is 24.3 Å². The second kappa shape index (κ2) is 22.0. The number of nitro groups is 1. The monoisotopic (exact) mass is 737 g/mol. The van der Waals surface area contributed by atoms with Gasteiger partial charge in [0.2, 0.25) is 0 Å². The summed E-state index contributed by atoms with van der Waals surface area (Å²) in [5.74, 6) is -2.80. The summed E-state index contributed by atoms with van der Waals surface area (Å²) in [6.07, 6.45) is 0. The highest BCUT2D eigenvalue weighted by molar-refractivity contribution is 7.86. The van der Waals surface area contributed by atoms with Gasteiger partial charge in [-0.2, -0.15) is 23.8 Å². The van der Waals surface area contributed by atoms with Crippen molar-refractivity contribution >= 4 is 67.3 Å². The zero-order valence-corrected chi connectivity index (χ0v) is 29.5. The number of nitrogens with two attached hydrogens (primary N) is 2. The predicted molar refractivity (Wildman–Crippen MR) is 199 cm³/mol. The van der Waals surface area contributed by atoms with E-state index in [0.29, 0.717) is 17.4 Å². The molecule has 19 heteroatoms. The first-order chi connectivity index (χ1) is 24.7. The average Bonchev–Trinajstić information content (AvgIpc) is 3.14. The maximum Gasteiger partial charge on any atom is 0.339 e. The lowest BCUT2D eigenvalue weighted by atomic mass is 10.2. The van der Waals surface area contributed by atoms with Crippen LogP contribution in [0.15, 0.2) is 129 Å². The molecule has 0 spiro atoms. The zero-order valence-electron chi connectivity index (χ0n) is 28.7. The largest absolute Gasteiger partial charge is 0.507 e. The number of nitrogens with zero attached hydrogens (tertiary/aromatic N) is 7. The number of hydrogen-bond donors (Lipinski definition) is 6. The van der Waals surface area contributed by atoms with Gasteiger partial charge in [0.05, 0.1) is 33.4 Å². The summed E-state index contributed by atoms with van der Waals surface area (Å²) in [5, 5.41) is 63.6. The molecule has 4 aromatic rings. The molecule has 0 heterocycles. The fraction of sp³-hybridized carbons (Fsp3) is 0.121. The fourth-order valence-electron chi connectivity index (χ4n) is 3.42. The first-order valence-electron chi connectivity index (χ1n) is 14.8. The first kappa shape index (κ1) is 45.1. The molecule has 0 saturated heterocycles. The number of carboxylic acids is 1. The molecule has 0 aliphatic heterocycles. The van der Waals surface area contributed by atoms with Crippen molar-refractivity contribution in [2.45, 2.75) is 32.6 Å². The lowest BCUT2D eigenvalue weighted by molar-refractivity contribution is -0.385. The Morgan fingerprint density at radius 1 is 0.692 bits per heavy atom. The minimum atomic E-state index is -5.04. The summed E-state index contributed by atoms with van der Waals surface area (Å²) in [4.78, 5) is 20.2. The van der Waals surface area contributed by atoms with Crippen molar-refractivity contribution < 1.29 is 38.0 Å². The van der Waals surface area contributed by atoms with Crippen LogP contribution in [0.25, 0.3) is 0 Å². The van der Waals surface area contributed by atoms with Crippen LogP contribution < -0.4 is 11.5 Å². The number of phenolic OH excluding ortho intramolecular Hbond substituents is 1. The Bertz CT molecular complexity index is 2030. The molecule has 0 atom stereocenters. The molecule has 0 bridgehead atoms. The van der Waals surface area contributed by atoms with Crippen LogP contribution in [0.2, 0.25) is 0 Å². The molecule has 4 aromatic carbocycles. The SMILES string of the molecule is C=C.C=C.CC.CC.Nc1cc(N)c(N=Nc2cc([N+](=O)[O-])cc(S(=O)(=O)O)c2O)cc1N=Nc1ccc(N=Nc2ccc(O)c(C(=O)O)c2)cc1. The second-order valence-corrected chi connectivity index (χ2v) is 10.0. The lowest BCUT2D eigenvalue weighted by Crippen LogP contribution is -2.00. The summed E-state index contributed by atoms with van der Waals surface area (Å²) in [6.45, 7) is 20.0. The Labute approximate surface area is 299 Å². The Morgan fingerprint density at radius 3 is 1.58 bits per heavy atom. The molecule has 276 valence electrons. The number of anilines is 2. The fourth-order valence-corrected chi connectivity index (χ4v) is 4.04. The van der Waals surface area contributed by atoms with Gasteiger partial charge in [0.15, 0.2) is 5.75 Å². The predicted octanol–water partition coefficient (Wildman–Crippen LogP) is 10.0. The molecule has 8 N–H and O–H groups in total. The van der Waals surface area contributed by atoms with Gasteiger partial charge in [0.25, 0.3) is 15.8 Å². The lowest BCUT2D eigenvalue weighted by Gasteiger charge is -2.06. The number of carbonyl (C=O) groups is 1. The van der Waals surface area contributed by atoms with Gasteiger partial charge in [-0.15, -0.1) is 41.7 Å². The molecule has 0 unspecified atom stereocenters. The van der Waals surface area contributed by atoms with E-state index in [4.69, 9.17) is 16.6 Å². The zero-order chi connectivity index (χ0) is 40.2. The van der Waals surface area contributed by atoms with E-state index in [1.807, 2.05) is 27.7 Å². The molecule has 0 aromatic heterocycles. The van der Waals surface area contributed by atoms with Crippen LogP contribution in [0, 0.1) is 10.1 Å². The number of aromatic carboxylic acids is 1. The van der Waals surface area contributed by atoms with Gasteiger partial charge in [-0.05, 0) is 54.6 Å². The van der Waals surface area contributed by atoms with Gasteiger partial charge in [-0.1, -0.05) is 27.7 Å². The Morgan fingerprint density at radius 2 is 1.12 bits per heavy atom. The number of benzene rings is 4. The molecule has 0 radical (unpaired) electrons. The number of rotatable bonds is 9. The van der Waals surface area contributed by atoms with E-state index in [0.717, 1.165) is 12.1 Å². The van der Waals surface area contributed by atoms with E-state index in [2.05, 4.69) is 57.0 Å². The Kier molecular flexibility index (Phi) is 19.1. The molecule has 0 saturated carbocycles. The van der Waals surface area contributed by atoms with Gasteiger partial charge in [0.1, 0.15) is 33.3 Å². The van der Waals surface area contributed by atoms with Crippen molar-refractivity contribution in [3.8, 4) is 11.5 Å². The third kappa shape index (κ3) is 12.9. The van der Waals surface area contributed by atoms with Crippen molar-refractivity contribution in [2.75, 3.05) is 11.5 Å². The summed E-state index contributed by atoms with van der Waals surface area (Å²) >= 11 is 0. The molecule has 0 aliphatic rings. The van der Waals surface area contributed by atoms with Crippen molar-refractivity contribution in [3.63, 3.8) is 0 Å². The smallest absolute Gasteiger partial charge is 0.339 e. The van der Waals surface area contributed by atoms with Gasteiger partial charge in [0, 0.05) is 12.1 Å². The number of azo groups is 3. The van der Waals surface area contributed by atoms with Crippen LogP contribution in [-0.2, 0) is 10.1 Å². The molecular formula is C33H39N9O9S. The topological polar surface area (TPSA) is 301 Å². The van der Waals surface area contributed by atoms with Crippen LogP contribution in [-0.4, -0.2) is 39.2 Å². The van der Waals surface area contributed by atoms with Crippen molar-refractivity contribution in [3.05, 3.63) is 109 Å². The summed E-state index contributed by atoms with van der Waals surface area (Å²) < 4.78 is 32.4. The van der Waals surface area contributed by atoms with Crippen LogP contribution in [0.4, 0.5) is 51.2 Å².